The molecule has 0 aromatic heterocycles. The molecule has 0 radical (unpaired) electrons. The average Bonchev–Trinajstić information content (AvgIpc) is 2.19. The Morgan fingerprint density at radius 1 is 1.31 bits per heavy atom. The van der Waals surface area contributed by atoms with E-state index in [1.807, 2.05) is 24.3 Å². The quantitative estimate of drug-likeness (QED) is 0.526. The van der Waals surface area contributed by atoms with Gasteiger partial charge in [0, 0.05) is 0 Å². The predicted octanol–water partition coefficient (Wildman–Crippen LogP) is 1.09. The lowest BCUT2D eigenvalue weighted by Gasteiger charge is -2.03. The second kappa shape index (κ2) is 5.56. The molecule has 0 aliphatic rings. The zero-order valence-electron chi connectivity index (χ0n) is 7.92. The van der Waals surface area contributed by atoms with Crippen LogP contribution in [0.3, 0.4) is 0 Å². The zero-order chi connectivity index (χ0) is 9.52. The molecule has 0 amide bonds. The van der Waals surface area contributed by atoms with Gasteiger partial charge in [0.05, 0.1) is 0 Å². The van der Waals surface area contributed by atoms with Gasteiger partial charge in [0.25, 0.3) is 0 Å². The van der Waals surface area contributed by atoms with Gasteiger partial charge < -0.3 is 10.2 Å². The van der Waals surface area contributed by atoms with E-state index in [4.69, 9.17) is 5.90 Å². The van der Waals surface area contributed by atoms with Crippen molar-refractivity contribution in [1.82, 2.24) is 5.32 Å². The van der Waals surface area contributed by atoms with Crippen molar-refractivity contribution in [2.24, 2.45) is 5.90 Å². The smallest absolute Gasteiger partial charge is 0.146 e. The number of likely N-dealkylation sites (N-methyl/N-ethyl adjacent to an activating group) is 1. The molecule has 0 unspecified atom stereocenters. The standard InChI is InChI=1S/C10H16N2O/c1-2-12-8-7-9-3-5-10(13-11)6-4-9/h3-6,12H,2,7-8,11H2,1H3. The lowest BCUT2D eigenvalue weighted by Crippen LogP contribution is -2.15. The van der Waals surface area contributed by atoms with Crippen molar-refractivity contribution >= 4 is 0 Å². The molecule has 0 atom stereocenters. The van der Waals surface area contributed by atoms with Crippen LogP contribution in [-0.2, 0) is 6.42 Å². The van der Waals surface area contributed by atoms with Gasteiger partial charge in [-0.1, -0.05) is 19.1 Å². The van der Waals surface area contributed by atoms with Crippen LogP contribution in [0.5, 0.6) is 5.75 Å². The van der Waals surface area contributed by atoms with E-state index in [9.17, 15) is 0 Å². The third kappa shape index (κ3) is 3.44. The summed E-state index contributed by atoms with van der Waals surface area (Å²) in [6.07, 6.45) is 1.04. The molecule has 0 heterocycles. The van der Waals surface area contributed by atoms with Crippen LogP contribution in [-0.4, -0.2) is 13.1 Å². The van der Waals surface area contributed by atoms with E-state index in [2.05, 4.69) is 17.1 Å². The van der Waals surface area contributed by atoms with Crippen LogP contribution >= 0.6 is 0 Å². The van der Waals surface area contributed by atoms with Crippen LogP contribution in [0.4, 0.5) is 0 Å². The molecule has 0 saturated heterocycles. The average molecular weight is 180 g/mol. The largest absolute Gasteiger partial charge is 0.412 e. The van der Waals surface area contributed by atoms with Crippen molar-refractivity contribution in [1.29, 1.82) is 0 Å². The number of nitrogens with one attached hydrogen (secondary N) is 1. The summed E-state index contributed by atoms with van der Waals surface area (Å²) in [4.78, 5) is 4.58. The summed E-state index contributed by atoms with van der Waals surface area (Å²) in [5.41, 5.74) is 1.29. The first kappa shape index (κ1) is 10.0. The number of hydrogen-bond donors (Lipinski definition) is 2. The topological polar surface area (TPSA) is 47.3 Å². The summed E-state index contributed by atoms with van der Waals surface area (Å²) in [5.74, 6) is 5.71. The molecule has 0 aliphatic carbocycles. The fraction of sp³-hybridized carbons (Fsp3) is 0.400. The molecule has 0 bridgehead atoms. The minimum absolute atomic E-state index is 0.701. The molecule has 0 aliphatic heterocycles. The Hall–Kier alpha value is -1.06. The lowest BCUT2D eigenvalue weighted by atomic mass is 10.1. The van der Waals surface area contributed by atoms with Gasteiger partial charge in [-0.25, -0.2) is 0 Å². The SMILES string of the molecule is CCNCCc1ccc(ON)cc1. The number of nitrogens with two attached hydrogens (primary N) is 1. The van der Waals surface area contributed by atoms with Gasteiger partial charge in [0.1, 0.15) is 5.75 Å². The first-order valence-electron chi connectivity index (χ1n) is 4.53. The van der Waals surface area contributed by atoms with Crippen LogP contribution in [0.15, 0.2) is 24.3 Å². The Labute approximate surface area is 78.8 Å². The highest BCUT2D eigenvalue weighted by molar-refractivity contribution is 5.27. The molecule has 0 fully saturated rings. The van der Waals surface area contributed by atoms with Gasteiger partial charge >= 0.3 is 0 Å². The minimum atomic E-state index is 0.701. The van der Waals surface area contributed by atoms with Gasteiger partial charge in [-0.3, -0.25) is 0 Å². The maximum atomic E-state index is 5.01. The predicted molar refractivity (Wildman–Crippen MR) is 53.5 cm³/mol. The van der Waals surface area contributed by atoms with Crippen molar-refractivity contribution in [3.8, 4) is 5.75 Å². The number of hydrogen-bond acceptors (Lipinski definition) is 3. The third-order valence-corrected chi connectivity index (χ3v) is 1.90. The summed E-state index contributed by atoms with van der Waals surface area (Å²) >= 11 is 0. The molecule has 3 nitrogen and oxygen atoms in total. The monoisotopic (exact) mass is 180 g/mol. The van der Waals surface area contributed by atoms with E-state index in [1.165, 1.54) is 5.56 Å². The fourth-order valence-electron chi connectivity index (χ4n) is 1.14. The maximum Gasteiger partial charge on any atom is 0.146 e. The van der Waals surface area contributed by atoms with E-state index in [1.54, 1.807) is 0 Å². The Bertz CT molecular complexity index is 233. The second-order valence-electron chi connectivity index (χ2n) is 2.87. The van der Waals surface area contributed by atoms with Gasteiger partial charge in [-0.05, 0) is 37.2 Å². The van der Waals surface area contributed by atoms with Gasteiger partial charge in [-0.15, -0.1) is 0 Å². The molecule has 13 heavy (non-hydrogen) atoms. The van der Waals surface area contributed by atoms with Crippen LogP contribution in [0, 0.1) is 0 Å². The van der Waals surface area contributed by atoms with Crippen molar-refractivity contribution in [2.45, 2.75) is 13.3 Å². The van der Waals surface area contributed by atoms with Crippen molar-refractivity contribution < 1.29 is 4.84 Å². The summed E-state index contributed by atoms with van der Waals surface area (Å²) in [7, 11) is 0. The maximum absolute atomic E-state index is 5.01. The molecule has 72 valence electrons. The van der Waals surface area contributed by atoms with Gasteiger partial charge in [0.2, 0.25) is 0 Å². The summed E-state index contributed by atoms with van der Waals surface area (Å²) in [6, 6.07) is 7.81. The Kier molecular flexibility index (Phi) is 4.29. The third-order valence-electron chi connectivity index (χ3n) is 1.90. The number of rotatable bonds is 5. The minimum Gasteiger partial charge on any atom is -0.412 e. The lowest BCUT2D eigenvalue weighted by molar-refractivity contribution is 0.334. The van der Waals surface area contributed by atoms with E-state index >= 15 is 0 Å². The molecule has 3 N–H and O–H groups in total. The molecular weight excluding hydrogens is 164 g/mol. The zero-order valence-corrected chi connectivity index (χ0v) is 7.92. The number of benzene rings is 1. The first-order chi connectivity index (χ1) is 6.36. The molecule has 3 heteroatoms. The molecule has 0 spiro atoms. The molecular formula is C10H16N2O. The fourth-order valence-corrected chi connectivity index (χ4v) is 1.14. The second-order valence-corrected chi connectivity index (χ2v) is 2.87. The molecule has 1 rings (SSSR count). The van der Waals surface area contributed by atoms with E-state index in [-0.39, 0.29) is 0 Å². The summed E-state index contributed by atoms with van der Waals surface area (Å²) in [6.45, 7) is 4.13. The highest BCUT2D eigenvalue weighted by Crippen LogP contribution is 2.10. The van der Waals surface area contributed by atoms with Crippen LogP contribution in [0.25, 0.3) is 0 Å². The summed E-state index contributed by atoms with van der Waals surface area (Å²) in [5, 5.41) is 3.27. The molecule has 1 aromatic carbocycles. The highest BCUT2D eigenvalue weighted by Gasteiger charge is 1.93. The first-order valence-corrected chi connectivity index (χ1v) is 4.53. The highest BCUT2D eigenvalue weighted by atomic mass is 16.6. The molecule has 1 aromatic rings. The summed E-state index contributed by atoms with van der Waals surface area (Å²) < 4.78 is 0. The van der Waals surface area contributed by atoms with E-state index in [0.717, 1.165) is 19.5 Å². The Morgan fingerprint density at radius 2 is 2.00 bits per heavy atom. The van der Waals surface area contributed by atoms with Crippen molar-refractivity contribution in [3.63, 3.8) is 0 Å². The van der Waals surface area contributed by atoms with Gasteiger partial charge in [0.15, 0.2) is 0 Å². The van der Waals surface area contributed by atoms with E-state index in [0.29, 0.717) is 5.75 Å². The van der Waals surface area contributed by atoms with Gasteiger partial charge in [-0.2, -0.15) is 5.90 Å². The van der Waals surface area contributed by atoms with Crippen molar-refractivity contribution in [2.75, 3.05) is 13.1 Å². The Morgan fingerprint density at radius 3 is 2.54 bits per heavy atom. The van der Waals surface area contributed by atoms with Crippen LogP contribution < -0.4 is 16.1 Å². The van der Waals surface area contributed by atoms with Crippen LogP contribution in [0.2, 0.25) is 0 Å². The van der Waals surface area contributed by atoms with E-state index < -0.39 is 0 Å². The molecule has 0 saturated carbocycles. The van der Waals surface area contributed by atoms with Crippen molar-refractivity contribution in [3.05, 3.63) is 29.8 Å². The normalized spacial score (nSPS) is 10.0. The Balaban J connectivity index is 2.40. The van der Waals surface area contributed by atoms with Crippen LogP contribution in [0.1, 0.15) is 12.5 Å².